The fourth-order valence-electron chi connectivity index (χ4n) is 2.16. The SMILES string of the molecule is CCc1nc(N)cc(OCC2CC=CCC2C)n1. The molecule has 0 saturated heterocycles. The van der Waals surface area contributed by atoms with Crippen molar-refractivity contribution in [2.24, 2.45) is 11.8 Å². The summed E-state index contributed by atoms with van der Waals surface area (Å²) in [5.41, 5.74) is 5.73. The first-order valence-corrected chi connectivity index (χ1v) is 6.60. The molecule has 1 aromatic rings. The predicted octanol–water partition coefficient (Wildman–Crippen LogP) is 2.60. The number of nitrogens with two attached hydrogens (primary N) is 1. The minimum absolute atomic E-state index is 0.480. The van der Waals surface area contributed by atoms with Gasteiger partial charge in [-0.2, -0.15) is 4.98 Å². The van der Waals surface area contributed by atoms with Crippen LogP contribution in [0.4, 0.5) is 5.82 Å². The second kappa shape index (κ2) is 5.85. The molecule has 2 N–H and O–H groups in total. The highest BCUT2D eigenvalue weighted by Crippen LogP contribution is 2.25. The van der Waals surface area contributed by atoms with Crippen molar-refractivity contribution in [3.8, 4) is 5.88 Å². The molecule has 0 radical (unpaired) electrons. The number of nitrogen functional groups attached to an aromatic ring is 1. The van der Waals surface area contributed by atoms with Crippen molar-refractivity contribution in [2.75, 3.05) is 12.3 Å². The monoisotopic (exact) mass is 247 g/mol. The maximum Gasteiger partial charge on any atom is 0.218 e. The van der Waals surface area contributed by atoms with E-state index in [2.05, 4.69) is 29.0 Å². The van der Waals surface area contributed by atoms with Crippen molar-refractivity contribution in [1.29, 1.82) is 0 Å². The summed E-state index contributed by atoms with van der Waals surface area (Å²) in [5.74, 6) is 3.05. The number of allylic oxidation sites excluding steroid dienone is 2. The average Bonchev–Trinajstić information content (AvgIpc) is 2.37. The minimum Gasteiger partial charge on any atom is -0.477 e. The predicted molar refractivity (Wildman–Crippen MR) is 72.3 cm³/mol. The Kier molecular flexibility index (Phi) is 4.18. The van der Waals surface area contributed by atoms with E-state index < -0.39 is 0 Å². The van der Waals surface area contributed by atoms with Crippen LogP contribution in [-0.4, -0.2) is 16.6 Å². The van der Waals surface area contributed by atoms with E-state index in [1.165, 1.54) is 0 Å². The van der Waals surface area contributed by atoms with E-state index in [-0.39, 0.29) is 0 Å². The molecule has 0 bridgehead atoms. The fourth-order valence-corrected chi connectivity index (χ4v) is 2.16. The summed E-state index contributed by atoms with van der Waals surface area (Å²) < 4.78 is 5.77. The van der Waals surface area contributed by atoms with E-state index in [4.69, 9.17) is 10.5 Å². The normalized spacial score (nSPS) is 23.0. The van der Waals surface area contributed by atoms with Gasteiger partial charge in [0.2, 0.25) is 5.88 Å². The molecular weight excluding hydrogens is 226 g/mol. The Morgan fingerprint density at radius 2 is 2.11 bits per heavy atom. The number of hydrogen-bond acceptors (Lipinski definition) is 4. The Labute approximate surface area is 108 Å². The van der Waals surface area contributed by atoms with Crippen molar-refractivity contribution in [3.05, 3.63) is 24.0 Å². The van der Waals surface area contributed by atoms with Crippen molar-refractivity contribution in [1.82, 2.24) is 9.97 Å². The second-order valence-corrected chi connectivity index (χ2v) is 4.89. The Balaban J connectivity index is 1.97. The number of nitrogens with zero attached hydrogens (tertiary/aromatic N) is 2. The zero-order valence-electron chi connectivity index (χ0n) is 11.1. The minimum atomic E-state index is 0.480. The lowest BCUT2D eigenvalue weighted by molar-refractivity contribution is 0.192. The molecule has 4 nitrogen and oxygen atoms in total. The van der Waals surface area contributed by atoms with Crippen LogP contribution in [0.2, 0.25) is 0 Å². The van der Waals surface area contributed by atoms with Gasteiger partial charge in [0.15, 0.2) is 0 Å². The fraction of sp³-hybridized carbons (Fsp3) is 0.571. The molecule has 0 aliphatic heterocycles. The van der Waals surface area contributed by atoms with Gasteiger partial charge in [0.1, 0.15) is 11.6 Å². The quantitative estimate of drug-likeness (QED) is 0.831. The third kappa shape index (κ3) is 3.22. The molecule has 0 spiro atoms. The summed E-state index contributed by atoms with van der Waals surface area (Å²) in [5, 5.41) is 0. The summed E-state index contributed by atoms with van der Waals surface area (Å²) >= 11 is 0. The average molecular weight is 247 g/mol. The molecule has 1 aliphatic rings. The smallest absolute Gasteiger partial charge is 0.218 e. The molecule has 2 atom stereocenters. The lowest BCUT2D eigenvalue weighted by Crippen LogP contribution is -2.21. The van der Waals surface area contributed by atoms with Gasteiger partial charge in [-0.15, -0.1) is 0 Å². The van der Waals surface area contributed by atoms with Crippen LogP contribution in [0.15, 0.2) is 18.2 Å². The van der Waals surface area contributed by atoms with E-state index in [1.54, 1.807) is 6.07 Å². The molecule has 18 heavy (non-hydrogen) atoms. The van der Waals surface area contributed by atoms with Crippen molar-refractivity contribution >= 4 is 5.82 Å². The van der Waals surface area contributed by atoms with E-state index >= 15 is 0 Å². The van der Waals surface area contributed by atoms with E-state index in [1.807, 2.05) is 6.92 Å². The number of aromatic nitrogens is 2. The van der Waals surface area contributed by atoms with Gasteiger partial charge >= 0.3 is 0 Å². The number of ether oxygens (including phenoxy) is 1. The lowest BCUT2D eigenvalue weighted by Gasteiger charge is -2.24. The van der Waals surface area contributed by atoms with Crippen LogP contribution in [0.3, 0.4) is 0 Å². The Morgan fingerprint density at radius 3 is 2.83 bits per heavy atom. The lowest BCUT2D eigenvalue weighted by atomic mass is 9.85. The maximum atomic E-state index is 5.77. The van der Waals surface area contributed by atoms with E-state index in [9.17, 15) is 0 Å². The van der Waals surface area contributed by atoms with Crippen LogP contribution < -0.4 is 10.5 Å². The molecule has 0 aromatic carbocycles. The summed E-state index contributed by atoms with van der Waals surface area (Å²) in [6.07, 6.45) is 7.48. The van der Waals surface area contributed by atoms with Gasteiger partial charge < -0.3 is 10.5 Å². The van der Waals surface area contributed by atoms with E-state index in [0.717, 1.165) is 25.1 Å². The third-order valence-electron chi connectivity index (χ3n) is 3.45. The largest absolute Gasteiger partial charge is 0.477 e. The molecule has 1 aromatic heterocycles. The van der Waals surface area contributed by atoms with Gasteiger partial charge in [0.05, 0.1) is 6.61 Å². The molecule has 0 amide bonds. The summed E-state index contributed by atoms with van der Waals surface area (Å²) in [6, 6.07) is 1.70. The van der Waals surface area contributed by atoms with Crippen LogP contribution in [-0.2, 0) is 6.42 Å². The molecular formula is C14H21N3O. The second-order valence-electron chi connectivity index (χ2n) is 4.89. The first-order valence-electron chi connectivity index (χ1n) is 6.60. The third-order valence-corrected chi connectivity index (χ3v) is 3.45. The molecule has 0 fully saturated rings. The van der Waals surface area contributed by atoms with Crippen LogP contribution in [0.25, 0.3) is 0 Å². The molecule has 0 saturated carbocycles. The number of rotatable bonds is 4. The highest BCUT2D eigenvalue weighted by atomic mass is 16.5. The number of anilines is 1. The Hall–Kier alpha value is -1.58. The van der Waals surface area contributed by atoms with Crippen LogP contribution >= 0.6 is 0 Å². The Bertz CT molecular complexity index is 431. The summed E-state index contributed by atoms with van der Waals surface area (Å²) in [6.45, 7) is 4.97. The standard InChI is InChI=1S/C14H21N3O/c1-3-13-16-12(15)8-14(17-13)18-9-11-7-5-4-6-10(11)2/h4-5,8,10-11H,3,6-7,9H2,1-2H3,(H2,15,16,17). The van der Waals surface area contributed by atoms with Crippen molar-refractivity contribution in [3.63, 3.8) is 0 Å². The van der Waals surface area contributed by atoms with Crippen molar-refractivity contribution < 1.29 is 4.74 Å². The van der Waals surface area contributed by atoms with Gasteiger partial charge in [-0.1, -0.05) is 26.0 Å². The van der Waals surface area contributed by atoms with Crippen molar-refractivity contribution in [2.45, 2.75) is 33.1 Å². The number of hydrogen-bond donors (Lipinski definition) is 1. The molecule has 2 unspecified atom stereocenters. The zero-order valence-corrected chi connectivity index (χ0v) is 11.1. The van der Waals surface area contributed by atoms with E-state index in [0.29, 0.717) is 30.1 Å². The van der Waals surface area contributed by atoms with Gasteiger partial charge in [-0.05, 0) is 24.7 Å². The van der Waals surface area contributed by atoms with Gasteiger partial charge in [0.25, 0.3) is 0 Å². The first kappa shape index (κ1) is 12.9. The highest BCUT2D eigenvalue weighted by molar-refractivity contribution is 5.32. The Morgan fingerprint density at radius 1 is 1.33 bits per heavy atom. The summed E-state index contributed by atoms with van der Waals surface area (Å²) in [7, 11) is 0. The van der Waals surface area contributed by atoms with Gasteiger partial charge in [0, 0.05) is 12.5 Å². The zero-order chi connectivity index (χ0) is 13.0. The molecule has 98 valence electrons. The number of aryl methyl sites for hydroxylation is 1. The maximum absolute atomic E-state index is 5.77. The van der Waals surface area contributed by atoms with Gasteiger partial charge in [-0.25, -0.2) is 4.98 Å². The summed E-state index contributed by atoms with van der Waals surface area (Å²) in [4.78, 5) is 8.47. The topological polar surface area (TPSA) is 61.0 Å². The van der Waals surface area contributed by atoms with Crippen LogP contribution in [0, 0.1) is 11.8 Å². The molecule has 1 heterocycles. The highest BCUT2D eigenvalue weighted by Gasteiger charge is 2.19. The molecule has 1 aliphatic carbocycles. The molecule has 4 heteroatoms. The first-order chi connectivity index (χ1) is 8.69. The van der Waals surface area contributed by atoms with Gasteiger partial charge in [-0.3, -0.25) is 0 Å². The van der Waals surface area contributed by atoms with Crippen LogP contribution in [0.1, 0.15) is 32.5 Å². The molecule has 2 rings (SSSR count). The van der Waals surface area contributed by atoms with Crippen LogP contribution in [0.5, 0.6) is 5.88 Å².